The largest absolute Gasteiger partial charge is 0.355 e. The van der Waals surface area contributed by atoms with Crippen molar-refractivity contribution in [1.82, 2.24) is 5.32 Å². The van der Waals surface area contributed by atoms with Crippen LogP contribution >= 0.6 is 15.9 Å². The summed E-state index contributed by atoms with van der Waals surface area (Å²) in [6.45, 7) is 0.916. The Morgan fingerprint density at radius 2 is 1.85 bits per heavy atom. The van der Waals surface area contributed by atoms with Gasteiger partial charge in [-0.25, -0.2) is 0 Å². The zero-order valence-electron chi connectivity index (χ0n) is 7.76. The molecule has 0 aromatic carbocycles. The van der Waals surface area contributed by atoms with Crippen LogP contribution in [0.15, 0.2) is 0 Å². The Labute approximate surface area is 87.6 Å². The number of amides is 1. The molecular weight excluding hydrogens is 230 g/mol. The molecule has 0 aromatic rings. The maximum atomic E-state index is 11.0. The molecule has 0 aliphatic heterocycles. The summed E-state index contributed by atoms with van der Waals surface area (Å²) in [6.07, 6.45) is 5.58. The summed E-state index contributed by atoms with van der Waals surface area (Å²) in [4.78, 5) is 11.0. The SMILES string of the molecule is O=C(CBr)NCC(C1CC1)C1CC1. The minimum absolute atomic E-state index is 0.131. The standard InChI is InChI=1S/C10H16BrNO/c11-5-10(13)12-6-9(7-1-2-7)8-3-4-8/h7-9H,1-6H2,(H,12,13). The molecule has 1 N–H and O–H groups in total. The summed E-state index contributed by atoms with van der Waals surface area (Å²) < 4.78 is 0. The third-order valence-corrected chi connectivity index (χ3v) is 3.62. The van der Waals surface area contributed by atoms with Gasteiger partial charge in [0.1, 0.15) is 0 Å². The quantitative estimate of drug-likeness (QED) is 0.738. The van der Waals surface area contributed by atoms with Gasteiger partial charge < -0.3 is 5.32 Å². The number of alkyl halides is 1. The highest BCUT2D eigenvalue weighted by Crippen LogP contribution is 2.48. The molecule has 2 rings (SSSR count). The molecule has 1 amide bonds. The molecular formula is C10H16BrNO. The second kappa shape index (κ2) is 3.99. The first kappa shape index (κ1) is 9.50. The fourth-order valence-corrected chi connectivity index (χ4v) is 2.24. The van der Waals surface area contributed by atoms with Crippen LogP contribution in [0.2, 0.25) is 0 Å². The summed E-state index contributed by atoms with van der Waals surface area (Å²) in [7, 11) is 0. The molecule has 2 aliphatic carbocycles. The Kier molecular flexibility index (Phi) is 2.92. The molecule has 2 nitrogen and oxygen atoms in total. The average Bonchev–Trinajstić information content (AvgIpc) is 2.98. The van der Waals surface area contributed by atoms with Crippen molar-refractivity contribution in [2.75, 3.05) is 11.9 Å². The number of hydrogen-bond donors (Lipinski definition) is 1. The van der Waals surface area contributed by atoms with Crippen molar-refractivity contribution in [3.8, 4) is 0 Å². The van der Waals surface area contributed by atoms with Crippen molar-refractivity contribution in [1.29, 1.82) is 0 Å². The van der Waals surface area contributed by atoms with Crippen LogP contribution in [0, 0.1) is 17.8 Å². The molecule has 0 heterocycles. The number of nitrogens with one attached hydrogen (secondary N) is 1. The molecule has 2 saturated carbocycles. The molecule has 2 fully saturated rings. The summed E-state index contributed by atoms with van der Waals surface area (Å²) >= 11 is 3.16. The van der Waals surface area contributed by atoms with Gasteiger partial charge in [0.05, 0.1) is 5.33 Å². The van der Waals surface area contributed by atoms with Gasteiger partial charge >= 0.3 is 0 Å². The third kappa shape index (κ3) is 2.70. The number of halogens is 1. The Morgan fingerprint density at radius 1 is 1.31 bits per heavy atom. The molecule has 0 bridgehead atoms. The number of carbonyl (C=O) groups excluding carboxylic acids is 1. The fourth-order valence-electron chi connectivity index (χ4n) is 2.05. The van der Waals surface area contributed by atoms with Crippen molar-refractivity contribution < 1.29 is 4.79 Å². The molecule has 74 valence electrons. The van der Waals surface area contributed by atoms with Crippen LogP contribution in [0.1, 0.15) is 25.7 Å². The normalized spacial score (nSPS) is 22.0. The zero-order valence-corrected chi connectivity index (χ0v) is 9.35. The van der Waals surface area contributed by atoms with E-state index in [4.69, 9.17) is 0 Å². The predicted molar refractivity (Wildman–Crippen MR) is 55.7 cm³/mol. The highest BCUT2D eigenvalue weighted by atomic mass is 79.9. The lowest BCUT2D eigenvalue weighted by Crippen LogP contribution is -2.31. The van der Waals surface area contributed by atoms with Crippen LogP contribution in [0.25, 0.3) is 0 Å². The Hall–Kier alpha value is -0.0500. The van der Waals surface area contributed by atoms with E-state index in [1.54, 1.807) is 0 Å². The first-order valence-corrected chi connectivity index (χ1v) is 6.26. The van der Waals surface area contributed by atoms with Gasteiger partial charge in [0.2, 0.25) is 5.91 Å². The van der Waals surface area contributed by atoms with Crippen LogP contribution < -0.4 is 5.32 Å². The molecule has 0 spiro atoms. The van der Waals surface area contributed by atoms with Crippen molar-refractivity contribution in [3.63, 3.8) is 0 Å². The van der Waals surface area contributed by atoms with Crippen molar-refractivity contribution >= 4 is 21.8 Å². The van der Waals surface area contributed by atoms with Crippen molar-refractivity contribution in [2.24, 2.45) is 17.8 Å². The number of rotatable bonds is 5. The van der Waals surface area contributed by atoms with E-state index in [1.165, 1.54) is 25.7 Å². The summed E-state index contributed by atoms with van der Waals surface area (Å²) in [5, 5.41) is 3.43. The van der Waals surface area contributed by atoms with Gasteiger partial charge in [0.25, 0.3) is 0 Å². The fraction of sp³-hybridized carbons (Fsp3) is 0.900. The summed E-state index contributed by atoms with van der Waals surface area (Å²) in [5.74, 6) is 2.79. The summed E-state index contributed by atoms with van der Waals surface area (Å²) in [5.41, 5.74) is 0. The lowest BCUT2D eigenvalue weighted by Gasteiger charge is -2.15. The zero-order chi connectivity index (χ0) is 9.26. The van der Waals surface area contributed by atoms with Crippen LogP contribution in [0.4, 0.5) is 0 Å². The van der Waals surface area contributed by atoms with Gasteiger partial charge in [-0.15, -0.1) is 0 Å². The van der Waals surface area contributed by atoms with Crippen LogP contribution in [-0.2, 0) is 4.79 Å². The molecule has 0 unspecified atom stereocenters. The highest BCUT2D eigenvalue weighted by molar-refractivity contribution is 9.09. The third-order valence-electron chi connectivity index (χ3n) is 3.11. The van der Waals surface area contributed by atoms with Gasteiger partial charge in [0.15, 0.2) is 0 Å². The maximum Gasteiger partial charge on any atom is 0.230 e. The van der Waals surface area contributed by atoms with E-state index in [2.05, 4.69) is 21.2 Å². The molecule has 2 aliphatic rings. The Balaban J connectivity index is 1.73. The number of carbonyl (C=O) groups is 1. The van der Waals surface area contributed by atoms with Crippen molar-refractivity contribution in [2.45, 2.75) is 25.7 Å². The van der Waals surface area contributed by atoms with E-state index in [0.29, 0.717) is 5.33 Å². The van der Waals surface area contributed by atoms with Gasteiger partial charge in [-0.1, -0.05) is 15.9 Å². The smallest absolute Gasteiger partial charge is 0.230 e. The highest BCUT2D eigenvalue weighted by Gasteiger charge is 2.41. The minimum Gasteiger partial charge on any atom is -0.355 e. The van der Waals surface area contributed by atoms with E-state index >= 15 is 0 Å². The predicted octanol–water partition coefficient (Wildman–Crippen LogP) is 1.93. The van der Waals surface area contributed by atoms with Gasteiger partial charge in [-0.05, 0) is 43.4 Å². The molecule has 0 aromatic heterocycles. The Bertz CT molecular complexity index is 187. The van der Waals surface area contributed by atoms with E-state index in [1.807, 2.05) is 0 Å². The maximum absolute atomic E-state index is 11.0. The van der Waals surface area contributed by atoms with Crippen LogP contribution in [0.3, 0.4) is 0 Å². The van der Waals surface area contributed by atoms with E-state index in [0.717, 1.165) is 24.3 Å². The molecule has 3 heteroatoms. The van der Waals surface area contributed by atoms with Crippen molar-refractivity contribution in [3.05, 3.63) is 0 Å². The lowest BCUT2D eigenvalue weighted by atomic mass is 9.98. The summed E-state index contributed by atoms with van der Waals surface area (Å²) in [6, 6.07) is 0. The first-order valence-electron chi connectivity index (χ1n) is 5.14. The second-order valence-electron chi connectivity index (χ2n) is 4.28. The minimum atomic E-state index is 0.131. The second-order valence-corrected chi connectivity index (χ2v) is 4.84. The lowest BCUT2D eigenvalue weighted by molar-refractivity contribution is -0.118. The average molecular weight is 246 g/mol. The van der Waals surface area contributed by atoms with E-state index in [-0.39, 0.29) is 5.91 Å². The molecule has 0 saturated heterocycles. The van der Waals surface area contributed by atoms with Gasteiger partial charge in [-0.2, -0.15) is 0 Å². The van der Waals surface area contributed by atoms with E-state index < -0.39 is 0 Å². The topological polar surface area (TPSA) is 29.1 Å². The Morgan fingerprint density at radius 3 is 2.23 bits per heavy atom. The molecule has 0 radical (unpaired) electrons. The van der Waals surface area contributed by atoms with Crippen LogP contribution in [-0.4, -0.2) is 17.8 Å². The van der Waals surface area contributed by atoms with E-state index in [9.17, 15) is 4.79 Å². The van der Waals surface area contributed by atoms with Gasteiger partial charge in [0, 0.05) is 6.54 Å². The molecule has 13 heavy (non-hydrogen) atoms. The number of hydrogen-bond acceptors (Lipinski definition) is 1. The van der Waals surface area contributed by atoms with Crippen LogP contribution in [0.5, 0.6) is 0 Å². The molecule has 0 atom stereocenters. The monoisotopic (exact) mass is 245 g/mol. The first-order chi connectivity index (χ1) is 6.31. The van der Waals surface area contributed by atoms with Gasteiger partial charge in [-0.3, -0.25) is 4.79 Å².